The number of nitrogens with one attached hydrogen (secondary N) is 1. The Bertz CT molecular complexity index is 612. The van der Waals surface area contributed by atoms with Crippen LogP contribution in [0.15, 0.2) is 17.0 Å². The van der Waals surface area contributed by atoms with Crippen LogP contribution in [0.5, 0.6) is 0 Å². The lowest BCUT2D eigenvalue weighted by atomic mass is 10.0. The van der Waals surface area contributed by atoms with Gasteiger partial charge in [0.05, 0.1) is 6.61 Å². The zero-order chi connectivity index (χ0) is 15.0. The lowest BCUT2D eigenvalue weighted by Gasteiger charge is -2.25. The summed E-state index contributed by atoms with van der Waals surface area (Å²) in [7, 11) is -4.01. The van der Waals surface area contributed by atoms with Crippen LogP contribution in [0.25, 0.3) is 0 Å². The third-order valence-electron chi connectivity index (χ3n) is 3.63. The number of aliphatic hydroxyl groups is 1. The smallest absolute Gasteiger partial charge is 0.244 e. The normalized spacial score (nSPS) is 18.4. The Morgan fingerprint density at radius 1 is 1.40 bits per heavy atom. The van der Waals surface area contributed by atoms with E-state index in [2.05, 4.69) is 4.72 Å². The second-order valence-corrected chi connectivity index (χ2v) is 7.50. The number of halogens is 2. The molecule has 0 aromatic heterocycles. The third-order valence-corrected chi connectivity index (χ3v) is 5.48. The minimum atomic E-state index is -4.01. The van der Waals surface area contributed by atoms with Gasteiger partial charge in [-0.15, -0.1) is 0 Å². The summed E-state index contributed by atoms with van der Waals surface area (Å²) in [6.45, 7) is 1.21. The summed E-state index contributed by atoms with van der Waals surface area (Å²) in [6, 6.07) is 2.28. The Morgan fingerprint density at radius 3 is 2.55 bits per heavy atom. The molecule has 0 heterocycles. The van der Waals surface area contributed by atoms with Crippen LogP contribution in [0.4, 0.5) is 4.39 Å². The average molecular weight is 322 g/mol. The third kappa shape index (κ3) is 3.14. The fraction of sp³-hybridized carbons (Fsp3) is 0.538. The maximum atomic E-state index is 14.1. The van der Waals surface area contributed by atoms with Crippen LogP contribution in [0, 0.1) is 5.82 Å². The highest BCUT2D eigenvalue weighted by Crippen LogP contribution is 2.32. The van der Waals surface area contributed by atoms with Gasteiger partial charge in [0.1, 0.15) is 10.7 Å². The van der Waals surface area contributed by atoms with E-state index in [9.17, 15) is 12.8 Å². The number of benzene rings is 1. The predicted octanol–water partition coefficient (Wildman–Crippen LogP) is 2.58. The Labute approximate surface area is 123 Å². The van der Waals surface area contributed by atoms with Crippen molar-refractivity contribution in [3.8, 4) is 0 Å². The molecule has 0 saturated heterocycles. The monoisotopic (exact) mass is 321 g/mol. The van der Waals surface area contributed by atoms with Gasteiger partial charge in [0.25, 0.3) is 0 Å². The van der Waals surface area contributed by atoms with E-state index in [-0.39, 0.29) is 10.6 Å². The lowest BCUT2D eigenvalue weighted by Crippen LogP contribution is -2.43. The second kappa shape index (κ2) is 5.60. The van der Waals surface area contributed by atoms with Crippen LogP contribution in [0.2, 0.25) is 5.02 Å². The Kier molecular flexibility index (Phi) is 4.39. The van der Waals surface area contributed by atoms with Crippen molar-refractivity contribution in [2.45, 2.75) is 49.6 Å². The molecule has 0 atom stereocenters. The molecule has 0 spiro atoms. The molecule has 1 aromatic rings. The van der Waals surface area contributed by atoms with Crippen molar-refractivity contribution >= 4 is 21.6 Å². The molecular weight excluding hydrogens is 305 g/mol. The van der Waals surface area contributed by atoms with Crippen molar-refractivity contribution in [1.29, 1.82) is 0 Å². The molecule has 0 bridgehead atoms. The molecule has 7 heteroatoms. The van der Waals surface area contributed by atoms with E-state index in [4.69, 9.17) is 16.7 Å². The van der Waals surface area contributed by atoms with Gasteiger partial charge >= 0.3 is 0 Å². The standard InChI is InChI=1S/C13H17ClFNO3S/c1-13(4-2-3-5-13)16-20(18,19)11-7-10(14)6-9(8-17)12(11)15/h6-7,16-17H,2-5,8H2,1H3. The van der Waals surface area contributed by atoms with Crippen LogP contribution in [-0.4, -0.2) is 19.1 Å². The van der Waals surface area contributed by atoms with Crippen LogP contribution in [0.3, 0.4) is 0 Å². The summed E-state index contributed by atoms with van der Waals surface area (Å²) in [6.07, 6.45) is 3.33. The molecule has 112 valence electrons. The summed E-state index contributed by atoms with van der Waals surface area (Å²) in [5.41, 5.74) is -0.679. The topological polar surface area (TPSA) is 66.4 Å². The highest BCUT2D eigenvalue weighted by molar-refractivity contribution is 7.89. The zero-order valence-corrected chi connectivity index (χ0v) is 12.7. The molecule has 1 fully saturated rings. The summed E-state index contributed by atoms with van der Waals surface area (Å²) in [4.78, 5) is -0.512. The van der Waals surface area contributed by atoms with Gasteiger partial charge in [-0.25, -0.2) is 17.5 Å². The van der Waals surface area contributed by atoms with E-state index < -0.39 is 32.9 Å². The predicted molar refractivity (Wildman–Crippen MR) is 74.5 cm³/mol. The molecule has 20 heavy (non-hydrogen) atoms. The van der Waals surface area contributed by atoms with Gasteiger partial charge in [0.15, 0.2) is 0 Å². The van der Waals surface area contributed by atoms with Crippen LogP contribution < -0.4 is 4.72 Å². The molecule has 1 aliphatic carbocycles. The molecule has 1 aliphatic rings. The van der Waals surface area contributed by atoms with Crippen molar-refractivity contribution in [3.63, 3.8) is 0 Å². The minimum absolute atomic E-state index is 0.0763. The highest BCUT2D eigenvalue weighted by atomic mass is 35.5. The first-order valence-electron chi connectivity index (χ1n) is 6.40. The van der Waals surface area contributed by atoms with E-state index >= 15 is 0 Å². The van der Waals surface area contributed by atoms with Gasteiger partial charge in [0, 0.05) is 16.1 Å². The van der Waals surface area contributed by atoms with Crippen molar-refractivity contribution in [3.05, 3.63) is 28.5 Å². The van der Waals surface area contributed by atoms with E-state index in [1.54, 1.807) is 0 Å². The average Bonchev–Trinajstić information content (AvgIpc) is 2.77. The summed E-state index contributed by atoms with van der Waals surface area (Å²) in [5, 5.41) is 9.13. The molecule has 0 aliphatic heterocycles. The Morgan fingerprint density at radius 2 is 2.00 bits per heavy atom. The summed E-state index contributed by atoms with van der Waals surface area (Å²) >= 11 is 5.79. The first kappa shape index (κ1) is 15.7. The maximum Gasteiger partial charge on any atom is 0.244 e. The SMILES string of the molecule is CC1(NS(=O)(=O)c2cc(Cl)cc(CO)c2F)CCCC1. The molecule has 2 N–H and O–H groups in total. The zero-order valence-electron chi connectivity index (χ0n) is 11.1. The fourth-order valence-electron chi connectivity index (χ4n) is 2.57. The van der Waals surface area contributed by atoms with Gasteiger partial charge < -0.3 is 5.11 Å². The second-order valence-electron chi connectivity index (χ2n) is 5.41. The van der Waals surface area contributed by atoms with E-state index in [0.29, 0.717) is 0 Å². The van der Waals surface area contributed by atoms with Crippen LogP contribution in [-0.2, 0) is 16.6 Å². The molecule has 0 radical (unpaired) electrons. The molecule has 2 rings (SSSR count). The summed E-state index contributed by atoms with van der Waals surface area (Å²) < 4.78 is 41.4. The fourth-order valence-corrected chi connectivity index (χ4v) is 4.48. The van der Waals surface area contributed by atoms with E-state index in [1.165, 1.54) is 6.07 Å². The van der Waals surface area contributed by atoms with Crippen molar-refractivity contribution in [2.24, 2.45) is 0 Å². The number of hydrogen-bond acceptors (Lipinski definition) is 3. The summed E-state index contributed by atoms with van der Waals surface area (Å²) in [5.74, 6) is -0.953. The van der Waals surface area contributed by atoms with E-state index in [1.807, 2.05) is 6.92 Å². The molecule has 1 saturated carbocycles. The Hall–Kier alpha value is -0.690. The molecule has 0 unspecified atom stereocenters. The Balaban J connectivity index is 2.41. The largest absolute Gasteiger partial charge is 0.392 e. The molecule has 1 aromatic carbocycles. The molecule has 0 amide bonds. The van der Waals surface area contributed by atoms with Gasteiger partial charge in [0.2, 0.25) is 10.0 Å². The number of aliphatic hydroxyl groups excluding tert-OH is 1. The lowest BCUT2D eigenvalue weighted by molar-refractivity contribution is 0.274. The maximum absolute atomic E-state index is 14.1. The number of sulfonamides is 1. The van der Waals surface area contributed by atoms with Gasteiger partial charge in [-0.2, -0.15) is 0 Å². The molecular formula is C13H17ClFNO3S. The van der Waals surface area contributed by atoms with Crippen molar-refractivity contribution in [2.75, 3.05) is 0 Å². The molecule has 4 nitrogen and oxygen atoms in total. The minimum Gasteiger partial charge on any atom is -0.392 e. The number of hydrogen-bond donors (Lipinski definition) is 2. The highest BCUT2D eigenvalue weighted by Gasteiger charge is 2.35. The van der Waals surface area contributed by atoms with Gasteiger partial charge in [-0.1, -0.05) is 24.4 Å². The van der Waals surface area contributed by atoms with Crippen molar-refractivity contribution in [1.82, 2.24) is 4.72 Å². The first-order valence-corrected chi connectivity index (χ1v) is 8.26. The van der Waals surface area contributed by atoms with Gasteiger partial charge in [-0.05, 0) is 31.9 Å². The van der Waals surface area contributed by atoms with E-state index in [0.717, 1.165) is 31.7 Å². The van der Waals surface area contributed by atoms with Crippen LogP contribution in [0.1, 0.15) is 38.2 Å². The number of rotatable bonds is 4. The van der Waals surface area contributed by atoms with Crippen molar-refractivity contribution < 1.29 is 17.9 Å². The first-order chi connectivity index (χ1) is 9.27. The quantitative estimate of drug-likeness (QED) is 0.895. The van der Waals surface area contributed by atoms with Gasteiger partial charge in [-0.3, -0.25) is 0 Å². The van der Waals surface area contributed by atoms with Crippen LogP contribution >= 0.6 is 11.6 Å².